The van der Waals surface area contributed by atoms with E-state index in [4.69, 9.17) is 11.1 Å². The highest BCUT2D eigenvalue weighted by atomic mass is 32.2. The van der Waals surface area contributed by atoms with Gasteiger partial charge in [-0.2, -0.15) is 0 Å². The molecule has 0 aromatic heterocycles. The molecule has 21 heavy (non-hydrogen) atoms. The number of likely N-dealkylation sites (N-methyl/N-ethyl adjacent to an activating group) is 1. The van der Waals surface area contributed by atoms with E-state index < -0.39 is 0 Å². The summed E-state index contributed by atoms with van der Waals surface area (Å²) in [5.41, 5.74) is 9.83. The average molecular weight is 297 g/mol. The number of hydrogen-bond donors (Lipinski definition) is 2. The molecular weight excluding hydrogens is 278 g/mol. The Kier molecular flexibility index (Phi) is 3.99. The fourth-order valence-electron chi connectivity index (χ4n) is 2.75. The highest BCUT2D eigenvalue weighted by molar-refractivity contribution is 8.00. The molecule has 0 amide bonds. The Morgan fingerprint density at radius 3 is 2.86 bits per heavy atom. The van der Waals surface area contributed by atoms with E-state index in [1.54, 1.807) is 0 Å². The minimum absolute atomic E-state index is 0.0494. The molecule has 2 aromatic rings. The van der Waals surface area contributed by atoms with Gasteiger partial charge in [0.15, 0.2) is 0 Å². The van der Waals surface area contributed by atoms with Gasteiger partial charge < -0.3 is 16.0 Å². The maximum atomic E-state index is 7.34. The van der Waals surface area contributed by atoms with Crippen molar-refractivity contribution in [3.63, 3.8) is 0 Å². The Hall–Kier alpha value is -1.78. The molecule has 0 saturated heterocycles. The van der Waals surface area contributed by atoms with Crippen molar-refractivity contribution in [1.82, 2.24) is 0 Å². The first-order chi connectivity index (χ1) is 10.2. The lowest BCUT2D eigenvalue weighted by Crippen LogP contribution is -2.43. The highest BCUT2D eigenvalue weighted by Crippen LogP contribution is 2.43. The van der Waals surface area contributed by atoms with Crippen LogP contribution in [-0.4, -0.2) is 24.7 Å². The summed E-state index contributed by atoms with van der Waals surface area (Å²) in [6.45, 7) is 0. The zero-order chi connectivity index (χ0) is 14.8. The quantitative estimate of drug-likeness (QED) is 0.853. The van der Waals surface area contributed by atoms with Crippen molar-refractivity contribution in [2.24, 2.45) is 5.73 Å². The van der Waals surface area contributed by atoms with Gasteiger partial charge in [-0.15, -0.1) is 0 Å². The lowest BCUT2D eigenvalue weighted by Gasteiger charge is -2.27. The summed E-state index contributed by atoms with van der Waals surface area (Å²) in [6.07, 6.45) is 2.19. The van der Waals surface area contributed by atoms with Gasteiger partial charge in [0.25, 0.3) is 0 Å². The minimum atomic E-state index is 0.0494. The fraction of sp³-hybridized carbons (Fsp3) is 0.235. The molecular formula is C17H19N3S. The molecule has 1 heterocycles. The average Bonchev–Trinajstić information content (AvgIpc) is 2.85. The standard InChI is InChI=1S/C17H19N3S/c1-20-15-7-2-3-8-16(15)21-17(20)14(19)10-12-5-4-6-13(9-12)11-18/h2-9,11,14,17-18H,10,19H2,1H3. The molecule has 1 aliphatic rings. The third-order valence-electron chi connectivity index (χ3n) is 3.83. The zero-order valence-corrected chi connectivity index (χ0v) is 12.8. The van der Waals surface area contributed by atoms with E-state index in [0.29, 0.717) is 0 Å². The number of nitrogens with two attached hydrogens (primary N) is 1. The van der Waals surface area contributed by atoms with Gasteiger partial charge in [-0.05, 0) is 29.7 Å². The SMILES string of the molecule is CN1c2ccccc2SC1C(N)Cc1cccc(C=N)c1. The molecule has 0 bridgehead atoms. The molecule has 2 aromatic carbocycles. The summed E-state index contributed by atoms with van der Waals surface area (Å²) >= 11 is 1.84. The smallest absolute Gasteiger partial charge is 0.0948 e. The number of anilines is 1. The lowest BCUT2D eigenvalue weighted by molar-refractivity contribution is 0.626. The van der Waals surface area contributed by atoms with Crippen LogP contribution in [0.3, 0.4) is 0 Å². The van der Waals surface area contributed by atoms with Crippen LogP contribution in [0, 0.1) is 5.41 Å². The van der Waals surface area contributed by atoms with Crippen molar-refractivity contribution in [2.75, 3.05) is 11.9 Å². The van der Waals surface area contributed by atoms with E-state index in [1.165, 1.54) is 22.4 Å². The summed E-state index contributed by atoms with van der Waals surface area (Å²) < 4.78 is 0. The van der Waals surface area contributed by atoms with Crippen molar-refractivity contribution in [2.45, 2.75) is 22.7 Å². The lowest BCUT2D eigenvalue weighted by atomic mass is 10.0. The summed E-state index contributed by atoms with van der Waals surface area (Å²) in [5, 5.41) is 7.60. The van der Waals surface area contributed by atoms with Crippen molar-refractivity contribution in [3.8, 4) is 0 Å². The van der Waals surface area contributed by atoms with Crippen LogP contribution in [-0.2, 0) is 6.42 Å². The second-order valence-electron chi connectivity index (χ2n) is 5.34. The number of nitrogens with one attached hydrogen (secondary N) is 1. The van der Waals surface area contributed by atoms with E-state index in [2.05, 4.69) is 42.3 Å². The molecule has 4 heteroatoms. The van der Waals surface area contributed by atoms with Crippen LogP contribution < -0.4 is 10.6 Å². The highest BCUT2D eigenvalue weighted by Gasteiger charge is 2.31. The van der Waals surface area contributed by atoms with Crippen LogP contribution in [0.4, 0.5) is 5.69 Å². The zero-order valence-electron chi connectivity index (χ0n) is 12.0. The number of hydrogen-bond acceptors (Lipinski definition) is 4. The van der Waals surface area contributed by atoms with Crippen molar-refractivity contribution < 1.29 is 0 Å². The second-order valence-corrected chi connectivity index (χ2v) is 6.50. The van der Waals surface area contributed by atoms with E-state index >= 15 is 0 Å². The largest absolute Gasteiger partial charge is 0.360 e. The molecule has 0 radical (unpaired) electrons. The van der Waals surface area contributed by atoms with Gasteiger partial charge in [0, 0.05) is 24.2 Å². The Morgan fingerprint density at radius 1 is 1.29 bits per heavy atom. The molecule has 0 aliphatic carbocycles. The Bertz CT molecular complexity index is 656. The van der Waals surface area contributed by atoms with Crippen molar-refractivity contribution in [3.05, 3.63) is 59.7 Å². The van der Waals surface area contributed by atoms with Crippen molar-refractivity contribution >= 4 is 23.7 Å². The van der Waals surface area contributed by atoms with Crippen LogP contribution >= 0.6 is 11.8 Å². The Labute approximate surface area is 129 Å². The van der Waals surface area contributed by atoms with Crippen LogP contribution in [0.5, 0.6) is 0 Å². The predicted molar refractivity (Wildman–Crippen MR) is 90.5 cm³/mol. The van der Waals surface area contributed by atoms with Gasteiger partial charge in [0.05, 0.1) is 11.1 Å². The van der Waals surface area contributed by atoms with Gasteiger partial charge in [-0.3, -0.25) is 0 Å². The summed E-state index contributed by atoms with van der Waals surface area (Å²) in [6, 6.07) is 16.5. The molecule has 108 valence electrons. The Balaban J connectivity index is 1.75. The Morgan fingerprint density at radius 2 is 2.10 bits per heavy atom. The monoisotopic (exact) mass is 297 g/mol. The number of benzene rings is 2. The number of para-hydroxylation sites is 1. The first-order valence-electron chi connectivity index (χ1n) is 7.02. The molecule has 3 N–H and O–H groups in total. The topological polar surface area (TPSA) is 53.1 Å². The van der Waals surface area contributed by atoms with Crippen molar-refractivity contribution in [1.29, 1.82) is 5.41 Å². The maximum Gasteiger partial charge on any atom is 0.0948 e. The first kappa shape index (κ1) is 14.2. The van der Waals surface area contributed by atoms with E-state index in [9.17, 15) is 0 Å². The maximum absolute atomic E-state index is 7.34. The third-order valence-corrected chi connectivity index (χ3v) is 5.34. The summed E-state index contributed by atoms with van der Waals surface area (Å²) in [4.78, 5) is 3.57. The van der Waals surface area contributed by atoms with Crippen LogP contribution in [0.15, 0.2) is 53.4 Å². The molecule has 2 atom stereocenters. The van der Waals surface area contributed by atoms with Crippen LogP contribution in [0.25, 0.3) is 0 Å². The molecule has 2 unspecified atom stereocenters. The number of thioether (sulfide) groups is 1. The summed E-state index contributed by atoms with van der Waals surface area (Å²) in [5.74, 6) is 0. The normalized spacial score (nSPS) is 18.4. The van der Waals surface area contributed by atoms with E-state index in [0.717, 1.165) is 12.0 Å². The third kappa shape index (κ3) is 2.82. The molecule has 1 aliphatic heterocycles. The predicted octanol–water partition coefficient (Wildman–Crippen LogP) is 3.12. The van der Waals surface area contributed by atoms with Crippen LogP contribution in [0.1, 0.15) is 11.1 Å². The van der Waals surface area contributed by atoms with Gasteiger partial charge in [-0.25, -0.2) is 0 Å². The van der Waals surface area contributed by atoms with Crippen LogP contribution in [0.2, 0.25) is 0 Å². The second kappa shape index (κ2) is 5.92. The molecule has 3 nitrogen and oxygen atoms in total. The molecule has 0 saturated carbocycles. The summed E-state index contributed by atoms with van der Waals surface area (Å²) in [7, 11) is 2.11. The number of nitrogens with zero attached hydrogens (tertiary/aromatic N) is 1. The van der Waals surface area contributed by atoms with E-state index in [1.807, 2.05) is 30.0 Å². The van der Waals surface area contributed by atoms with E-state index in [-0.39, 0.29) is 11.4 Å². The van der Waals surface area contributed by atoms with Gasteiger partial charge in [-0.1, -0.05) is 48.2 Å². The van der Waals surface area contributed by atoms with Gasteiger partial charge >= 0.3 is 0 Å². The minimum Gasteiger partial charge on any atom is -0.360 e. The number of fused-ring (bicyclic) bond motifs is 1. The van der Waals surface area contributed by atoms with Gasteiger partial charge in [0.1, 0.15) is 0 Å². The number of rotatable bonds is 4. The van der Waals surface area contributed by atoms with Gasteiger partial charge in [0.2, 0.25) is 0 Å². The molecule has 0 spiro atoms. The first-order valence-corrected chi connectivity index (χ1v) is 7.90. The molecule has 0 fully saturated rings. The molecule has 3 rings (SSSR count). The fourth-order valence-corrected chi connectivity index (χ4v) is 4.04.